The van der Waals surface area contributed by atoms with E-state index in [4.69, 9.17) is 10.5 Å². The van der Waals surface area contributed by atoms with Gasteiger partial charge in [-0.3, -0.25) is 19.7 Å². The number of amides is 3. The molecule has 34 heavy (non-hydrogen) atoms. The molecule has 2 aliphatic rings. The Balaban J connectivity index is 1.54. The Hall–Kier alpha value is -3.27. The molecule has 3 amide bonds. The molecule has 9 nitrogen and oxygen atoms in total. The maximum absolute atomic E-state index is 13.5. The van der Waals surface area contributed by atoms with Crippen LogP contribution in [0.5, 0.6) is 0 Å². The van der Waals surface area contributed by atoms with E-state index in [1.807, 2.05) is 60.7 Å². The van der Waals surface area contributed by atoms with Gasteiger partial charge in [0.15, 0.2) is 0 Å². The quantitative estimate of drug-likeness (QED) is 0.444. The summed E-state index contributed by atoms with van der Waals surface area (Å²) in [5.74, 6) is -1.11. The van der Waals surface area contributed by atoms with Crippen LogP contribution in [0.4, 0.5) is 0 Å². The molecule has 0 aromatic heterocycles. The van der Waals surface area contributed by atoms with Crippen molar-refractivity contribution in [2.75, 3.05) is 7.05 Å². The second kappa shape index (κ2) is 10.3. The minimum atomic E-state index is -0.951. The Bertz CT molecular complexity index is 979. The largest absolute Gasteiger partial charge is 0.353 e. The third-order valence-electron chi connectivity index (χ3n) is 6.44. The Labute approximate surface area is 199 Å². The zero-order valence-electron chi connectivity index (χ0n) is 19.3. The van der Waals surface area contributed by atoms with E-state index in [9.17, 15) is 14.4 Å². The lowest BCUT2D eigenvalue weighted by Crippen LogP contribution is -2.66. The first-order valence-corrected chi connectivity index (χ1v) is 11.5. The molecule has 5 N–H and O–H groups in total. The first-order valence-electron chi connectivity index (χ1n) is 11.5. The fourth-order valence-corrected chi connectivity index (χ4v) is 4.60. The van der Waals surface area contributed by atoms with Crippen molar-refractivity contribution < 1.29 is 19.1 Å². The second-order valence-corrected chi connectivity index (χ2v) is 8.65. The minimum Gasteiger partial charge on any atom is -0.353 e. The van der Waals surface area contributed by atoms with Crippen molar-refractivity contribution in [3.63, 3.8) is 0 Å². The highest BCUT2D eigenvalue weighted by molar-refractivity contribution is 5.94. The fourth-order valence-electron chi connectivity index (χ4n) is 4.60. The number of fused-ring (bicyclic) bond motifs is 1. The summed E-state index contributed by atoms with van der Waals surface area (Å²) in [5, 5.41) is 8.44. The molecule has 2 aromatic carbocycles. The molecule has 0 saturated carbocycles. The van der Waals surface area contributed by atoms with Gasteiger partial charge in [-0.1, -0.05) is 60.7 Å². The molecule has 2 aliphatic heterocycles. The third-order valence-corrected chi connectivity index (χ3v) is 6.44. The molecule has 2 aromatic rings. The van der Waals surface area contributed by atoms with Crippen LogP contribution in [-0.2, 0) is 19.1 Å². The van der Waals surface area contributed by atoms with Gasteiger partial charge in [0.2, 0.25) is 5.91 Å². The number of benzene rings is 2. The number of likely N-dealkylation sites (N-methyl/N-ethyl adjacent to an activating group) is 1. The third kappa shape index (κ3) is 4.82. The Morgan fingerprint density at radius 1 is 1.03 bits per heavy atom. The van der Waals surface area contributed by atoms with Crippen LogP contribution >= 0.6 is 0 Å². The molecule has 2 fully saturated rings. The lowest BCUT2D eigenvalue weighted by Gasteiger charge is -2.41. The smallest absolute Gasteiger partial charge is 0.252 e. The van der Waals surface area contributed by atoms with Crippen LogP contribution in [0.25, 0.3) is 0 Å². The van der Waals surface area contributed by atoms with Gasteiger partial charge in [0, 0.05) is 0 Å². The van der Waals surface area contributed by atoms with Crippen LogP contribution in [0.15, 0.2) is 60.7 Å². The maximum atomic E-state index is 13.5. The van der Waals surface area contributed by atoms with Crippen molar-refractivity contribution in [3.05, 3.63) is 71.8 Å². The molecule has 5 atom stereocenters. The molecule has 0 radical (unpaired) electrons. The Morgan fingerprint density at radius 2 is 1.62 bits per heavy atom. The lowest BCUT2D eigenvalue weighted by molar-refractivity contribution is -0.179. The fraction of sp³-hybridized carbons (Fsp3) is 0.400. The average molecular weight is 466 g/mol. The molecular formula is C25H31N5O4. The van der Waals surface area contributed by atoms with E-state index >= 15 is 0 Å². The number of nitrogens with two attached hydrogens (primary N) is 1. The molecule has 0 bridgehead atoms. The predicted octanol–water partition coefficient (Wildman–Crippen LogP) is 0.617. The van der Waals surface area contributed by atoms with E-state index in [0.717, 1.165) is 11.1 Å². The molecule has 1 unspecified atom stereocenters. The zero-order chi connectivity index (χ0) is 24.2. The standard InChI is InChI=1S/C25H31N5O4/c1-15-20(28-24(32)22(26)27-2)25(33)30-18(13-14-19(30)34-15)23(31)29-21(16-9-5-3-6-10-16)17-11-7-4-8-12-17/h3-12,15,18-22,27H,13-14,26H2,1-2H3,(H,28,32)(H,29,31)/t15-,18?,19+,20+,22-/m1/s1. The number of rotatable bonds is 7. The van der Waals surface area contributed by atoms with Gasteiger partial charge in [-0.15, -0.1) is 0 Å². The molecule has 0 aliphatic carbocycles. The summed E-state index contributed by atoms with van der Waals surface area (Å²) in [6, 6.07) is 17.4. The molecule has 4 rings (SSSR count). The van der Waals surface area contributed by atoms with Gasteiger partial charge in [-0.25, -0.2) is 0 Å². The Kier molecular flexibility index (Phi) is 7.26. The second-order valence-electron chi connectivity index (χ2n) is 8.65. The van der Waals surface area contributed by atoms with Crippen LogP contribution in [0.3, 0.4) is 0 Å². The van der Waals surface area contributed by atoms with Gasteiger partial charge in [-0.05, 0) is 37.9 Å². The normalized spacial score (nSPS) is 25.1. The van der Waals surface area contributed by atoms with E-state index in [-0.39, 0.29) is 17.9 Å². The van der Waals surface area contributed by atoms with Gasteiger partial charge in [0.05, 0.1) is 12.1 Å². The molecule has 180 valence electrons. The van der Waals surface area contributed by atoms with Crippen molar-refractivity contribution >= 4 is 17.7 Å². The van der Waals surface area contributed by atoms with Gasteiger partial charge in [-0.2, -0.15) is 0 Å². The van der Waals surface area contributed by atoms with Crippen LogP contribution in [0, 0.1) is 0 Å². The predicted molar refractivity (Wildman–Crippen MR) is 126 cm³/mol. The van der Waals surface area contributed by atoms with Crippen molar-refractivity contribution in [2.45, 2.75) is 56.4 Å². The average Bonchev–Trinajstić information content (AvgIpc) is 3.29. The summed E-state index contributed by atoms with van der Waals surface area (Å²) in [7, 11) is 1.56. The van der Waals surface area contributed by atoms with Crippen LogP contribution < -0.4 is 21.7 Å². The summed E-state index contributed by atoms with van der Waals surface area (Å²) in [6.45, 7) is 1.74. The summed E-state index contributed by atoms with van der Waals surface area (Å²) in [6.07, 6.45) is -0.970. The molecular weight excluding hydrogens is 434 g/mol. The lowest BCUT2D eigenvalue weighted by atomic mass is 9.98. The zero-order valence-corrected chi connectivity index (χ0v) is 19.3. The molecule has 9 heteroatoms. The van der Waals surface area contributed by atoms with Crippen LogP contribution in [0.2, 0.25) is 0 Å². The number of ether oxygens (including phenoxy) is 1. The molecule has 2 heterocycles. The van der Waals surface area contributed by atoms with E-state index in [0.29, 0.717) is 12.8 Å². The first-order chi connectivity index (χ1) is 16.4. The van der Waals surface area contributed by atoms with Crippen molar-refractivity contribution in [2.24, 2.45) is 5.73 Å². The van der Waals surface area contributed by atoms with E-state index in [1.165, 1.54) is 4.90 Å². The number of hydrogen-bond acceptors (Lipinski definition) is 6. The van der Waals surface area contributed by atoms with Gasteiger partial charge in [0.25, 0.3) is 11.8 Å². The van der Waals surface area contributed by atoms with Gasteiger partial charge >= 0.3 is 0 Å². The maximum Gasteiger partial charge on any atom is 0.252 e. The summed E-state index contributed by atoms with van der Waals surface area (Å²) < 4.78 is 6.01. The highest BCUT2D eigenvalue weighted by Crippen LogP contribution is 2.32. The number of nitrogens with zero attached hydrogens (tertiary/aromatic N) is 1. The SMILES string of the molecule is CN[C@@H](N)C(=O)N[C@@H]1C(=O)N2C(C(=O)NC(c3ccccc3)c3ccccc3)CC[C@@H]2O[C@@H]1C. The Morgan fingerprint density at radius 3 is 2.18 bits per heavy atom. The topological polar surface area (TPSA) is 126 Å². The number of carbonyl (C=O) groups excluding carboxylic acids is 3. The van der Waals surface area contributed by atoms with Crippen molar-refractivity contribution in [1.29, 1.82) is 0 Å². The number of hydrogen-bond donors (Lipinski definition) is 4. The summed E-state index contributed by atoms with van der Waals surface area (Å²) in [5.41, 5.74) is 7.60. The van der Waals surface area contributed by atoms with Gasteiger partial charge in [0.1, 0.15) is 24.5 Å². The summed E-state index contributed by atoms with van der Waals surface area (Å²) >= 11 is 0. The molecule has 0 spiro atoms. The van der Waals surface area contributed by atoms with Crippen LogP contribution in [-0.4, -0.2) is 60.3 Å². The van der Waals surface area contributed by atoms with Gasteiger partial charge < -0.3 is 26.0 Å². The molecule has 2 saturated heterocycles. The summed E-state index contributed by atoms with van der Waals surface area (Å²) in [4.78, 5) is 40.7. The van der Waals surface area contributed by atoms with E-state index in [2.05, 4.69) is 16.0 Å². The highest BCUT2D eigenvalue weighted by Gasteiger charge is 2.50. The van der Waals surface area contributed by atoms with Crippen molar-refractivity contribution in [1.82, 2.24) is 20.9 Å². The van der Waals surface area contributed by atoms with Crippen LogP contribution in [0.1, 0.15) is 36.9 Å². The van der Waals surface area contributed by atoms with E-state index < -0.39 is 36.5 Å². The minimum absolute atomic E-state index is 0.260. The number of carbonyl (C=O) groups is 3. The van der Waals surface area contributed by atoms with Crippen molar-refractivity contribution in [3.8, 4) is 0 Å². The first kappa shape index (κ1) is 23.9. The van der Waals surface area contributed by atoms with E-state index in [1.54, 1.807) is 14.0 Å². The monoisotopic (exact) mass is 465 g/mol. The highest BCUT2D eigenvalue weighted by atomic mass is 16.5. The number of nitrogens with one attached hydrogen (secondary N) is 3.